The minimum Gasteiger partial charge on any atom is -0.302 e. The normalized spacial score (nSPS) is 11.6. The van der Waals surface area contributed by atoms with E-state index in [1.54, 1.807) is 0 Å². The molecule has 0 unspecified atom stereocenters. The summed E-state index contributed by atoms with van der Waals surface area (Å²) in [5.74, 6) is -2.61. The number of aromatic nitrogens is 2. The largest absolute Gasteiger partial charge is 0.431 e. The molecule has 0 aliphatic carbocycles. The Balaban J connectivity index is 2.67. The summed E-state index contributed by atoms with van der Waals surface area (Å²) in [6.07, 6.45) is -4.82. The lowest BCUT2D eigenvalue weighted by atomic mass is 10.1. The molecule has 2 aromatic rings. The van der Waals surface area contributed by atoms with Gasteiger partial charge in [-0.25, -0.2) is 13.6 Å². The average Bonchev–Trinajstić information content (AvgIpc) is 2.31. The fourth-order valence-electron chi connectivity index (χ4n) is 1.45. The van der Waals surface area contributed by atoms with E-state index in [-0.39, 0.29) is 0 Å². The molecule has 1 heterocycles. The summed E-state index contributed by atoms with van der Waals surface area (Å²) in [6.45, 7) is 0. The first-order valence-corrected chi connectivity index (χ1v) is 4.92. The van der Waals surface area contributed by atoms with Gasteiger partial charge in [0.15, 0.2) is 11.6 Å². The molecule has 0 aliphatic heterocycles. The van der Waals surface area contributed by atoms with Crippen molar-refractivity contribution in [3.8, 4) is 11.3 Å². The molecule has 0 spiro atoms. The van der Waals surface area contributed by atoms with Gasteiger partial charge in [-0.2, -0.15) is 18.2 Å². The highest BCUT2D eigenvalue weighted by Crippen LogP contribution is 2.29. The van der Waals surface area contributed by atoms with Crippen molar-refractivity contribution in [3.05, 3.63) is 52.1 Å². The van der Waals surface area contributed by atoms with E-state index in [0.717, 1.165) is 18.2 Å². The van der Waals surface area contributed by atoms with E-state index in [9.17, 15) is 26.7 Å². The van der Waals surface area contributed by atoms with Crippen LogP contribution in [-0.4, -0.2) is 9.97 Å². The third kappa shape index (κ3) is 2.61. The zero-order valence-electron chi connectivity index (χ0n) is 9.05. The number of nitrogens with zero attached hydrogens (tertiary/aromatic N) is 1. The van der Waals surface area contributed by atoms with E-state index in [1.165, 1.54) is 4.98 Å². The zero-order valence-corrected chi connectivity index (χ0v) is 9.05. The summed E-state index contributed by atoms with van der Waals surface area (Å²) in [7, 11) is 0. The van der Waals surface area contributed by atoms with Crippen LogP contribution in [-0.2, 0) is 6.18 Å². The molecule has 0 saturated carbocycles. The van der Waals surface area contributed by atoms with Crippen LogP contribution >= 0.6 is 0 Å². The molecule has 1 N–H and O–H groups in total. The SMILES string of the molecule is O=c1nc(-c2cccc(F)c2F)cc(C(F)(F)F)[nH]1. The lowest BCUT2D eigenvalue weighted by Crippen LogP contribution is -2.19. The number of alkyl halides is 3. The van der Waals surface area contributed by atoms with Crippen molar-refractivity contribution >= 4 is 0 Å². The number of nitrogens with one attached hydrogen (secondary N) is 1. The topological polar surface area (TPSA) is 45.8 Å². The lowest BCUT2D eigenvalue weighted by Gasteiger charge is -2.08. The van der Waals surface area contributed by atoms with Crippen molar-refractivity contribution in [2.45, 2.75) is 6.18 Å². The summed E-state index contributed by atoms with van der Waals surface area (Å²) in [6, 6.07) is 3.38. The van der Waals surface area contributed by atoms with Crippen LogP contribution in [0, 0.1) is 11.6 Å². The Kier molecular flexibility index (Phi) is 3.09. The van der Waals surface area contributed by atoms with Crippen molar-refractivity contribution in [1.82, 2.24) is 9.97 Å². The van der Waals surface area contributed by atoms with Crippen molar-refractivity contribution in [3.63, 3.8) is 0 Å². The van der Waals surface area contributed by atoms with E-state index < -0.39 is 40.5 Å². The van der Waals surface area contributed by atoms with Crippen molar-refractivity contribution in [1.29, 1.82) is 0 Å². The molecule has 1 aromatic carbocycles. The zero-order chi connectivity index (χ0) is 14.2. The quantitative estimate of drug-likeness (QED) is 0.814. The van der Waals surface area contributed by atoms with Crippen LogP contribution in [0.3, 0.4) is 0 Å². The van der Waals surface area contributed by atoms with Crippen molar-refractivity contribution < 1.29 is 22.0 Å². The maximum absolute atomic E-state index is 13.4. The monoisotopic (exact) mass is 276 g/mol. The van der Waals surface area contributed by atoms with E-state index in [0.29, 0.717) is 6.07 Å². The van der Waals surface area contributed by atoms with Crippen LogP contribution in [0.2, 0.25) is 0 Å². The Labute approximate surface area is 102 Å². The molecule has 3 nitrogen and oxygen atoms in total. The van der Waals surface area contributed by atoms with Gasteiger partial charge in [0.2, 0.25) is 0 Å². The number of H-pyrrole nitrogens is 1. The smallest absolute Gasteiger partial charge is 0.302 e. The molecular formula is C11H5F5N2O. The molecule has 100 valence electrons. The molecule has 19 heavy (non-hydrogen) atoms. The third-order valence-electron chi connectivity index (χ3n) is 2.28. The molecule has 0 fully saturated rings. The second kappa shape index (κ2) is 4.45. The summed E-state index contributed by atoms with van der Waals surface area (Å²) in [5.41, 5.74) is -3.79. The molecule has 2 rings (SSSR count). The molecule has 0 bridgehead atoms. The summed E-state index contributed by atoms with van der Waals surface area (Å²) in [5, 5.41) is 0. The number of aromatic amines is 1. The van der Waals surface area contributed by atoms with Gasteiger partial charge >= 0.3 is 11.9 Å². The Bertz CT molecular complexity index is 678. The minimum absolute atomic E-state index is 0.444. The Morgan fingerprint density at radius 1 is 1.16 bits per heavy atom. The average molecular weight is 276 g/mol. The first-order valence-electron chi connectivity index (χ1n) is 4.92. The number of benzene rings is 1. The van der Waals surface area contributed by atoms with Gasteiger partial charge in [-0.1, -0.05) is 6.07 Å². The summed E-state index contributed by atoms with van der Waals surface area (Å²) < 4.78 is 63.9. The summed E-state index contributed by atoms with van der Waals surface area (Å²) >= 11 is 0. The van der Waals surface area contributed by atoms with Gasteiger partial charge < -0.3 is 4.98 Å². The van der Waals surface area contributed by atoms with Gasteiger partial charge in [0.1, 0.15) is 5.69 Å². The first kappa shape index (κ1) is 13.2. The Hall–Kier alpha value is -2.25. The fourth-order valence-corrected chi connectivity index (χ4v) is 1.45. The van der Waals surface area contributed by atoms with Crippen LogP contribution in [0.5, 0.6) is 0 Å². The molecule has 0 saturated heterocycles. The highest BCUT2D eigenvalue weighted by molar-refractivity contribution is 5.60. The Morgan fingerprint density at radius 3 is 2.47 bits per heavy atom. The highest BCUT2D eigenvalue weighted by atomic mass is 19.4. The van der Waals surface area contributed by atoms with E-state index in [1.807, 2.05) is 0 Å². The summed E-state index contributed by atoms with van der Waals surface area (Å²) in [4.78, 5) is 15.7. The van der Waals surface area contributed by atoms with E-state index in [2.05, 4.69) is 4.98 Å². The standard InChI is InChI=1S/C11H5F5N2O/c12-6-3-1-2-5(9(6)13)7-4-8(11(14,15)16)18-10(19)17-7/h1-4H,(H,17,18,19). The predicted octanol–water partition coefficient (Wildman–Crippen LogP) is 2.73. The fraction of sp³-hybridized carbons (Fsp3) is 0.0909. The number of halogens is 5. The van der Waals surface area contributed by atoms with Crippen molar-refractivity contribution in [2.24, 2.45) is 0 Å². The van der Waals surface area contributed by atoms with Crippen LogP contribution in [0.15, 0.2) is 29.1 Å². The Morgan fingerprint density at radius 2 is 1.84 bits per heavy atom. The van der Waals surface area contributed by atoms with Crippen molar-refractivity contribution in [2.75, 3.05) is 0 Å². The molecule has 0 radical (unpaired) electrons. The van der Waals surface area contributed by atoms with Crippen LogP contribution in [0.4, 0.5) is 22.0 Å². The van der Waals surface area contributed by atoms with E-state index >= 15 is 0 Å². The molecule has 0 amide bonds. The van der Waals surface area contributed by atoms with Crippen LogP contribution in [0.25, 0.3) is 11.3 Å². The maximum Gasteiger partial charge on any atom is 0.431 e. The van der Waals surface area contributed by atoms with Gasteiger partial charge in [-0.3, -0.25) is 0 Å². The van der Waals surface area contributed by atoms with Gasteiger partial charge in [-0.15, -0.1) is 0 Å². The van der Waals surface area contributed by atoms with Crippen LogP contribution in [0.1, 0.15) is 5.69 Å². The van der Waals surface area contributed by atoms with Gasteiger partial charge in [-0.05, 0) is 18.2 Å². The predicted molar refractivity (Wildman–Crippen MR) is 55.2 cm³/mol. The molecular weight excluding hydrogens is 271 g/mol. The first-order chi connectivity index (χ1) is 8.79. The van der Waals surface area contributed by atoms with Gasteiger partial charge in [0.05, 0.1) is 5.69 Å². The molecule has 1 aromatic heterocycles. The van der Waals surface area contributed by atoms with E-state index in [4.69, 9.17) is 0 Å². The van der Waals surface area contributed by atoms with Crippen LogP contribution < -0.4 is 5.69 Å². The third-order valence-corrected chi connectivity index (χ3v) is 2.28. The second-order valence-corrected chi connectivity index (χ2v) is 3.58. The van der Waals surface area contributed by atoms with Gasteiger partial charge in [0, 0.05) is 5.56 Å². The minimum atomic E-state index is -4.82. The maximum atomic E-state index is 13.4. The number of hydrogen-bond acceptors (Lipinski definition) is 2. The molecule has 0 atom stereocenters. The highest BCUT2D eigenvalue weighted by Gasteiger charge is 2.32. The second-order valence-electron chi connectivity index (χ2n) is 3.58. The molecule has 0 aliphatic rings. The lowest BCUT2D eigenvalue weighted by molar-refractivity contribution is -0.141. The number of rotatable bonds is 1. The number of hydrogen-bond donors (Lipinski definition) is 1. The van der Waals surface area contributed by atoms with Gasteiger partial charge in [0.25, 0.3) is 0 Å². The molecule has 8 heteroatoms.